The number of hydrogen-bond donors (Lipinski definition) is 0. The molecule has 0 radical (unpaired) electrons. The van der Waals surface area contributed by atoms with Gasteiger partial charge in [0.25, 0.3) is 0 Å². The van der Waals surface area contributed by atoms with Crippen LogP contribution in [-0.4, -0.2) is 36.4 Å². The molecule has 1 aliphatic heterocycles. The van der Waals surface area contributed by atoms with E-state index in [-0.39, 0.29) is 18.2 Å². The van der Waals surface area contributed by atoms with Gasteiger partial charge in [0.05, 0.1) is 5.56 Å². The number of cyclic esters (lactones) is 1. The van der Waals surface area contributed by atoms with Gasteiger partial charge in [-0.25, -0.2) is 14.4 Å². The van der Waals surface area contributed by atoms with Gasteiger partial charge < -0.3 is 23.7 Å². The Morgan fingerprint density at radius 3 is 2.18 bits per heavy atom. The number of unbranched alkanes of at least 4 members (excludes halogenated alkanes) is 2. The molecule has 0 N–H and O–H groups in total. The number of ether oxygens (including phenoxy) is 5. The monoisotopic (exact) mass is 536 g/mol. The van der Waals surface area contributed by atoms with Gasteiger partial charge >= 0.3 is 17.9 Å². The molecule has 1 heterocycles. The Balaban J connectivity index is 1.57. The zero-order valence-corrected chi connectivity index (χ0v) is 22.6. The van der Waals surface area contributed by atoms with Gasteiger partial charge in [0.1, 0.15) is 29.5 Å². The van der Waals surface area contributed by atoms with Crippen LogP contribution in [0, 0.1) is 0 Å². The molecule has 0 spiro atoms. The third kappa shape index (κ3) is 9.02. The molecule has 1 fully saturated rings. The normalized spacial score (nSPS) is 16.1. The zero-order valence-electron chi connectivity index (χ0n) is 22.6. The minimum atomic E-state index is -0.736. The average molecular weight is 537 g/mol. The number of rotatable bonds is 15. The van der Waals surface area contributed by atoms with Gasteiger partial charge in [0.2, 0.25) is 6.29 Å². The highest BCUT2D eigenvalue weighted by atomic mass is 16.7. The Bertz CT molecular complexity index is 1120. The fourth-order valence-electron chi connectivity index (χ4n) is 4.02. The molecule has 2 aromatic carbocycles. The van der Waals surface area contributed by atoms with E-state index in [2.05, 4.69) is 20.1 Å². The summed E-state index contributed by atoms with van der Waals surface area (Å²) in [6, 6.07) is 13.1. The minimum absolute atomic E-state index is 0.296. The second-order valence-electron chi connectivity index (χ2n) is 9.27. The molecule has 0 bridgehead atoms. The highest BCUT2D eigenvalue weighted by Crippen LogP contribution is 2.28. The summed E-state index contributed by atoms with van der Waals surface area (Å²) in [5.41, 5.74) is 0.809. The van der Waals surface area contributed by atoms with Gasteiger partial charge in [0, 0.05) is 24.5 Å². The lowest BCUT2D eigenvalue weighted by atomic mass is 10.0. The van der Waals surface area contributed by atoms with Crippen LogP contribution in [-0.2, 0) is 19.1 Å². The van der Waals surface area contributed by atoms with Crippen LogP contribution in [0.15, 0.2) is 73.3 Å². The van der Waals surface area contributed by atoms with Gasteiger partial charge in [-0.15, -0.1) is 0 Å². The van der Waals surface area contributed by atoms with Crippen LogP contribution in [0.3, 0.4) is 0 Å². The molecule has 3 unspecified atom stereocenters. The largest absolute Gasteiger partial charge is 0.487 e. The third-order valence-corrected chi connectivity index (χ3v) is 6.12. The first kappa shape index (κ1) is 29.5. The number of benzene rings is 2. The van der Waals surface area contributed by atoms with Crippen LogP contribution in [0.4, 0.5) is 0 Å². The van der Waals surface area contributed by atoms with E-state index in [1.54, 1.807) is 48.5 Å². The average Bonchev–Trinajstić information content (AvgIpc) is 3.27. The van der Waals surface area contributed by atoms with E-state index in [0.717, 1.165) is 38.2 Å². The van der Waals surface area contributed by atoms with E-state index >= 15 is 0 Å². The Morgan fingerprint density at radius 2 is 1.59 bits per heavy atom. The quantitative estimate of drug-likeness (QED) is 0.0855. The fourth-order valence-corrected chi connectivity index (χ4v) is 4.02. The van der Waals surface area contributed by atoms with E-state index in [1.165, 1.54) is 0 Å². The van der Waals surface area contributed by atoms with Crippen molar-refractivity contribution in [1.29, 1.82) is 0 Å². The lowest BCUT2D eigenvalue weighted by molar-refractivity contribution is -0.158. The van der Waals surface area contributed by atoms with Crippen molar-refractivity contribution >= 4 is 17.9 Å². The predicted octanol–water partition coefficient (Wildman–Crippen LogP) is 6.34. The third-order valence-electron chi connectivity index (χ3n) is 6.12. The van der Waals surface area contributed by atoms with Gasteiger partial charge in [-0.05, 0) is 67.8 Å². The summed E-state index contributed by atoms with van der Waals surface area (Å²) in [5.74, 6) is -0.0888. The van der Waals surface area contributed by atoms with Crippen molar-refractivity contribution in [2.75, 3.05) is 0 Å². The van der Waals surface area contributed by atoms with Crippen molar-refractivity contribution in [3.63, 3.8) is 0 Å². The van der Waals surface area contributed by atoms with Crippen molar-refractivity contribution in [3.05, 3.63) is 78.9 Å². The summed E-state index contributed by atoms with van der Waals surface area (Å²) in [4.78, 5) is 36.0. The summed E-state index contributed by atoms with van der Waals surface area (Å²) in [6.45, 7) is 11.2. The van der Waals surface area contributed by atoms with Crippen LogP contribution in [0.1, 0.15) is 69.2 Å². The molecule has 1 aliphatic rings. The van der Waals surface area contributed by atoms with E-state index in [9.17, 15) is 14.4 Å². The Labute approximate surface area is 229 Å². The molecule has 0 aliphatic carbocycles. The van der Waals surface area contributed by atoms with Crippen LogP contribution < -0.4 is 14.2 Å². The fraction of sp³-hybridized carbons (Fsp3) is 0.387. The van der Waals surface area contributed by atoms with Crippen LogP contribution >= 0.6 is 0 Å². The van der Waals surface area contributed by atoms with E-state index in [0.29, 0.717) is 41.2 Å². The van der Waals surface area contributed by atoms with Crippen molar-refractivity contribution in [2.45, 2.75) is 77.3 Å². The van der Waals surface area contributed by atoms with Gasteiger partial charge in [-0.3, -0.25) is 0 Å². The molecule has 0 aromatic heterocycles. The highest BCUT2D eigenvalue weighted by Gasteiger charge is 2.35. The predicted molar refractivity (Wildman–Crippen MR) is 146 cm³/mol. The molecule has 8 nitrogen and oxygen atoms in total. The van der Waals surface area contributed by atoms with Gasteiger partial charge in [-0.2, -0.15) is 0 Å². The zero-order chi connectivity index (χ0) is 28.2. The second-order valence-corrected chi connectivity index (χ2v) is 9.27. The molecule has 1 saturated heterocycles. The topological polar surface area (TPSA) is 97.4 Å². The summed E-state index contributed by atoms with van der Waals surface area (Å²) in [6.07, 6.45) is 5.25. The maximum absolute atomic E-state index is 12.7. The molecular formula is C31H36O8. The summed E-state index contributed by atoms with van der Waals surface area (Å²) in [7, 11) is 0. The molecule has 0 amide bonds. The molecule has 2 aromatic rings. The number of hydrogen-bond acceptors (Lipinski definition) is 8. The first-order valence-electron chi connectivity index (χ1n) is 13.3. The lowest BCUT2D eigenvalue weighted by Crippen LogP contribution is -2.31. The Hall–Kier alpha value is -4.07. The molecule has 0 saturated carbocycles. The summed E-state index contributed by atoms with van der Waals surface area (Å²) >= 11 is 0. The van der Waals surface area contributed by atoms with Crippen molar-refractivity contribution in [3.8, 4) is 17.2 Å². The number of carbonyl (C=O) groups is 3. The smallest absolute Gasteiger partial charge is 0.343 e. The second kappa shape index (κ2) is 14.8. The molecule has 208 valence electrons. The van der Waals surface area contributed by atoms with Crippen molar-refractivity contribution in [1.82, 2.24) is 0 Å². The van der Waals surface area contributed by atoms with Gasteiger partial charge in [0.15, 0.2) is 0 Å². The Morgan fingerprint density at radius 1 is 0.949 bits per heavy atom. The van der Waals surface area contributed by atoms with Crippen molar-refractivity contribution in [2.24, 2.45) is 0 Å². The Kier molecular flexibility index (Phi) is 11.2. The molecular weight excluding hydrogens is 500 g/mol. The van der Waals surface area contributed by atoms with Crippen LogP contribution in [0.25, 0.3) is 0 Å². The number of carbonyl (C=O) groups excluding carboxylic acids is 3. The van der Waals surface area contributed by atoms with E-state index in [1.807, 2.05) is 6.92 Å². The molecule has 3 rings (SSSR count). The highest BCUT2D eigenvalue weighted by molar-refractivity contribution is 5.91. The van der Waals surface area contributed by atoms with Crippen molar-refractivity contribution < 1.29 is 38.1 Å². The minimum Gasteiger partial charge on any atom is -0.487 e. The van der Waals surface area contributed by atoms with E-state index in [4.69, 9.17) is 23.7 Å². The van der Waals surface area contributed by atoms with E-state index < -0.39 is 18.2 Å². The maximum Gasteiger partial charge on any atom is 0.343 e. The summed E-state index contributed by atoms with van der Waals surface area (Å²) in [5, 5.41) is 0. The number of esters is 3. The molecule has 3 atom stereocenters. The SMILES string of the molecule is C=CC(=O)OC(CCC)Oc1ccc(OC(=O)c2ccc(OC(CCCCC)C3CC(=C)C(=O)O3)cc2)cc1. The van der Waals surface area contributed by atoms with Gasteiger partial charge in [-0.1, -0.05) is 39.8 Å². The molecule has 39 heavy (non-hydrogen) atoms. The van der Waals surface area contributed by atoms with Crippen LogP contribution in [0.5, 0.6) is 17.2 Å². The standard InChI is InChI=1S/C31H36O8/c1-5-8-9-11-26(27-20-21(4)30(33)38-27)35-23-14-12-22(13-15-23)31(34)37-25-18-16-24(17-19-25)36-29(10-6-2)39-28(32)7-3/h7,12-19,26-27,29H,3-6,8-11,20H2,1-2H3. The first-order valence-corrected chi connectivity index (χ1v) is 13.3. The summed E-state index contributed by atoms with van der Waals surface area (Å²) < 4.78 is 28.0. The maximum atomic E-state index is 12.7. The first-order chi connectivity index (χ1) is 18.8. The lowest BCUT2D eigenvalue weighted by Gasteiger charge is -2.24. The molecule has 8 heteroatoms. The van der Waals surface area contributed by atoms with Crippen LogP contribution in [0.2, 0.25) is 0 Å².